The summed E-state index contributed by atoms with van der Waals surface area (Å²) < 4.78 is 18.6. The number of fused-ring (bicyclic) bond motifs is 1. The molecule has 0 radical (unpaired) electrons. The Hall–Kier alpha value is -5.03. The van der Waals surface area contributed by atoms with Crippen molar-refractivity contribution in [1.82, 2.24) is 9.97 Å². The Morgan fingerprint density at radius 3 is 2.54 bits per heavy atom. The highest BCUT2D eigenvalue weighted by Gasteiger charge is 2.20. The molecule has 9 nitrogen and oxygen atoms in total. The summed E-state index contributed by atoms with van der Waals surface area (Å²) in [6.07, 6.45) is 3.13. The molecule has 0 atom stereocenters. The number of nitrogens with zero attached hydrogens (tertiary/aromatic N) is 1. The molecule has 0 saturated carbocycles. The molecule has 0 aliphatic heterocycles. The van der Waals surface area contributed by atoms with Gasteiger partial charge in [0.15, 0.2) is 11.6 Å². The van der Waals surface area contributed by atoms with Gasteiger partial charge >= 0.3 is 0 Å². The Morgan fingerprint density at radius 2 is 1.82 bits per heavy atom. The number of aromatic nitrogens is 2. The Labute approximate surface area is 225 Å². The highest BCUT2D eigenvalue weighted by atomic mass is 32.1. The molecule has 0 fully saturated rings. The van der Waals surface area contributed by atoms with Crippen molar-refractivity contribution in [2.24, 2.45) is 5.73 Å². The molecule has 39 heavy (non-hydrogen) atoms. The minimum absolute atomic E-state index is 0.252. The van der Waals surface area contributed by atoms with Crippen molar-refractivity contribution in [3.05, 3.63) is 94.3 Å². The lowest BCUT2D eigenvalue weighted by atomic mass is 9.94. The first-order chi connectivity index (χ1) is 18.8. The molecule has 0 saturated heterocycles. The normalized spacial score (nSPS) is 10.8. The molecule has 5 aromatic rings. The van der Waals surface area contributed by atoms with Gasteiger partial charge in [-0.3, -0.25) is 14.4 Å². The van der Waals surface area contributed by atoms with Crippen molar-refractivity contribution >= 4 is 51.3 Å². The highest BCUT2D eigenvalue weighted by Crippen LogP contribution is 2.39. The van der Waals surface area contributed by atoms with Gasteiger partial charge < -0.3 is 26.1 Å². The van der Waals surface area contributed by atoms with Crippen molar-refractivity contribution in [3.8, 4) is 16.9 Å². The Morgan fingerprint density at radius 1 is 1.03 bits per heavy atom. The summed E-state index contributed by atoms with van der Waals surface area (Å²) in [7, 11) is 0. The molecule has 11 heteroatoms. The van der Waals surface area contributed by atoms with E-state index in [1.165, 1.54) is 35.6 Å². The molecule has 2 heterocycles. The standard InChI is InChI=1S/C28H22FN5O4S/c1-15-18(3-2-4-21(15)34-27(37)28-31-11-12-39-28)19-9-10-20(26(30)36)25-24(19)22(13-32-25)33-23(35)14-38-17-7-5-16(29)6-8-17/h2-13,32H,14H2,1H3,(H2,30,36)(H,33,35)(H,34,37). The molecule has 0 aliphatic rings. The van der Waals surface area contributed by atoms with Crippen LogP contribution in [0.5, 0.6) is 5.75 Å². The molecule has 2 aromatic heterocycles. The van der Waals surface area contributed by atoms with E-state index in [9.17, 15) is 18.8 Å². The van der Waals surface area contributed by atoms with Gasteiger partial charge in [0.1, 0.15) is 11.6 Å². The summed E-state index contributed by atoms with van der Waals surface area (Å²) >= 11 is 1.24. The number of ether oxygens (including phenoxy) is 1. The SMILES string of the molecule is Cc1c(NC(=O)c2nccs2)cccc1-c1ccc(C(N)=O)c2[nH]cc(NC(=O)COc3ccc(F)cc3)c12. The molecule has 3 aromatic carbocycles. The lowest BCUT2D eigenvalue weighted by Crippen LogP contribution is -2.20. The van der Waals surface area contributed by atoms with E-state index in [2.05, 4.69) is 20.6 Å². The van der Waals surface area contributed by atoms with Crippen LogP contribution < -0.4 is 21.1 Å². The fourth-order valence-corrected chi connectivity index (χ4v) is 4.75. The molecule has 0 spiro atoms. The molecule has 3 amide bonds. The van der Waals surface area contributed by atoms with Crippen LogP contribution >= 0.6 is 11.3 Å². The average molecular weight is 544 g/mol. The lowest BCUT2D eigenvalue weighted by molar-refractivity contribution is -0.118. The average Bonchev–Trinajstić information content (AvgIpc) is 3.60. The number of benzene rings is 3. The maximum absolute atomic E-state index is 13.1. The first kappa shape index (κ1) is 25.6. The van der Waals surface area contributed by atoms with Gasteiger partial charge in [-0.25, -0.2) is 9.37 Å². The van der Waals surface area contributed by atoms with Gasteiger partial charge in [-0.15, -0.1) is 11.3 Å². The predicted octanol–water partition coefficient (Wildman–Crippen LogP) is 5.11. The second-order valence-electron chi connectivity index (χ2n) is 8.54. The van der Waals surface area contributed by atoms with Crippen molar-refractivity contribution in [1.29, 1.82) is 0 Å². The zero-order chi connectivity index (χ0) is 27.5. The van der Waals surface area contributed by atoms with Gasteiger partial charge in [-0.05, 0) is 60.0 Å². The molecule has 0 aliphatic carbocycles. The molecular weight excluding hydrogens is 521 g/mol. The lowest BCUT2D eigenvalue weighted by Gasteiger charge is -2.15. The predicted molar refractivity (Wildman–Crippen MR) is 148 cm³/mol. The molecular formula is C28H22FN5O4S. The van der Waals surface area contributed by atoms with E-state index >= 15 is 0 Å². The van der Waals surface area contributed by atoms with Crippen LogP contribution in [0.4, 0.5) is 15.8 Å². The first-order valence-corrected chi connectivity index (χ1v) is 12.6. The zero-order valence-electron chi connectivity index (χ0n) is 20.6. The van der Waals surface area contributed by atoms with Crippen molar-refractivity contribution in [3.63, 3.8) is 0 Å². The monoisotopic (exact) mass is 543 g/mol. The number of thiazole rings is 1. The third-order valence-electron chi connectivity index (χ3n) is 6.06. The number of nitrogens with two attached hydrogens (primary N) is 1. The number of rotatable bonds is 8. The quantitative estimate of drug-likeness (QED) is 0.215. The summed E-state index contributed by atoms with van der Waals surface area (Å²) in [5.74, 6) is -1.49. The number of anilines is 2. The number of carbonyl (C=O) groups excluding carboxylic acids is 3. The van der Waals surface area contributed by atoms with Crippen LogP contribution in [0.2, 0.25) is 0 Å². The van der Waals surface area contributed by atoms with Crippen molar-refractivity contribution in [2.75, 3.05) is 17.2 Å². The summed E-state index contributed by atoms with van der Waals surface area (Å²) in [6.45, 7) is 1.54. The number of carbonyl (C=O) groups is 3. The molecule has 5 N–H and O–H groups in total. The largest absolute Gasteiger partial charge is 0.484 e. The smallest absolute Gasteiger partial charge is 0.284 e. The van der Waals surface area contributed by atoms with Gasteiger partial charge in [-0.1, -0.05) is 18.2 Å². The number of halogens is 1. The van der Waals surface area contributed by atoms with Crippen LogP contribution in [0.3, 0.4) is 0 Å². The van der Waals surface area contributed by atoms with Crippen LogP contribution in [0, 0.1) is 12.7 Å². The third kappa shape index (κ3) is 5.34. The van der Waals surface area contributed by atoms with Crippen LogP contribution in [0.25, 0.3) is 22.0 Å². The number of hydrogen-bond donors (Lipinski definition) is 4. The van der Waals surface area contributed by atoms with Crippen LogP contribution in [0.15, 0.2) is 72.4 Å². The molecule has 0 bridgehead atoms. The van der Waals surface area contributed by atoms with E-state index in [0.29, 0.717) is 38.6 Å². The minimum Gasteiger partial charge on any atom is -0.484 e. The van der Waals surface area contributed by atoms with E-state index in [0.717, 1.165) is 11.1 Å². The van der Waals surface area contributed by atoms with E-state index in [-0.39, 0.29) is 18.1 Å². The third-order valence-corrected chi connectivity index (χ3v) is 6.83. The molecule has 0 unspecified atom stereocenters. The van der Waals surface area contributed by atoms with Crippen molar-refractivity contribution in [2.45, 2.75) is 6.92 Å². The van der Waals surface area contributed by atoms with Crippen molar-refractivity contribution < 1.29 is 23.5 Å². The second kappa shape index (κ2) is 10.8. The highest BCUT2D eigenvalue weighted by molar-refractivity contribution is 7.11. The van der Waals surface area contributed by atoms with Gasteiger partial charge in [0.05, 0.1) is 16.8 Å². The zero-order valence-corrected chi connectivity index (χ0v) is 21.4. The summed E-state index contributed by atoms with van der Waals surface area (Å²) in [6, 6.07) is 14.1. The number of H-pyrrole nitrogens is 1. The second-order valence-corrected chi connectivity index (χ2v) is 9.43. The van der Waals surface area contributed by atoms with Gasteiger partial charge in [0, 0.05) is 28.8 Å². The maximum Gasteiger partial charge on any atom is 0.284 e. The topological polar surface area (TPSA) is 139 Å². The van der Waals surface area contributed by atoms with E-state index in [4.69, 9.17) is 10.5 Å². The van der Waals surface area contributed by atoms with E-state index in [1.54, 1.807) is 42.0 Å². The van der Waals surface area contributed by atoms with Crippen LogP contribution in [0.1, 0.15) is 25.7 Å². The maximum atomic E-state index is 13.1. The van der Waals surface area contributed by atoms with Crippen LogP contribution in [-0.2, 0) is 4.79 Å². The van der Waals surface area contributed by atoms with Gasteiger partial charge in [0.25, 0.3) is 17.7 Å². The van der Waals surface area contributed by atoms with E-state index < -0.39 is 17.6 Å². The van der Waals surface area contributed by atoms with Crippen LogP contribution in [-0.4, -0.2) is 34.3 Å². The fraction of sp³-hybridized carbons (Fsp3) is 0.0714. The summed E-state index contributed by atoms with van der Waals surface area (Å²) in [4.78, 5) is 44.6. The summed E-state index contributed by atoms with van der Waals surface area (Å²) in [5.41, 5.74) is 9.56. The first-order valence-electron chi connectivity index (χ1n) is 11.7. The van der Waals surface area contributed by atoms with Gasteiger partial charge in [0.2, 0.25) is 0 Å². The Bertz CT molecular complexity index is 1700. The minimum atomic E-state index is -0.632. The molecule has 5 rings (SSSR count). The summed E-state index contributed by atoms with van der Waals surface area (Å²) in [5, 5.41) is 8.33. The number of hydrogen-bond acceptors (Lipinski definition) is 6. The Balaban J connectivity index is 1.49. The molecule has 196 valence electrons. The number of primary amides is 1. The fourth-order valence-electron chi connectivity index (χ4n) is 4.22. The Kier molecular flexibility index (Phi) is 7.06. The number of amides is 3. The van der Waals surface area contributed by atoms with E-state index in [1.807, 2.05) is 13.0 Å². The van der Waals surface area contributed by atoms with Gasteiger partial charge in [-0.2, -0.15) is 0 Å². The number of aromatic amines is 1. The number of nitrogens with one attached hydrogen (secondary N) is 3.